The van der Waals surface area contributed by atoms with Crippen LogP contribution in [0.5, 0.6) is 0 Å². The summed E-state index contributed by atoms with van der Waals surface area (Å²) in [6, 6.07) is 0. The maximum Gasteiger partial charge on any atom is 0.422 e. The van der Waals surface area contributed by atoms with E-state index < -0.39 is 82.1 Å². The van der Waals surface area contributed by atoms with E-state index >= 15 is 0 Å². The highest BCUT2D eigenvalue weighted by Gasteiger charge is 2.89. The third-order valence-electron chi connectivity index (χ3n) is 5.08. The van der Waals surface area contributed by atoms with E-state index in [1.54, 1.807) is 0 Å². The maximum atomic E-state index is 14.0. The van der Waals surface area contributed by atoms with E-state index in [1.165, 1.54) is 0 Å². The van der Waals surface area contributed by atoms with Crippen LogP contribution < -0.4 is 0 Å². The lowest BCUT2D eigenvalue weighted by atomic mass is 9.80. The SMILES string of the molecule is CCOC(=O)C1=CN2N(C(C)(C)CC2(C(F)(F)F)C(F)(F)F)C1(C(F)(F)F)C(F)(F)F. The van der Waals surface area contributed by atoms with E-state index in [1.807, 2.05) is 0 Å². The number of halogens is 12. The van der Waals surface area contributed by atoms with Crippen LogP contribution in [0.2, 0.25) is 0 Å². The average Bonchev–Trinajstić information content (AvgIpc) is 2.98. The van der Waals surface area contributed by atoms with Gasteiger partial charge in [-0.15, -0.1) is 0 Å². The first-order chi connectivity index (χ1) is 13.5. The van der Waals surface area contributed by atoms with Gasteiger partial charge in [-0.25, -0.2) is 4.79 Å². The molecule has 2 aliphatic heterocycles. The number of esters is 1. The van der Waals surface area contributed by atoms with Gasteiger partial charge in [-0.1, -0.05) is 0 Å². The Bertz CT molecular complexity index is 747. The smallest absolute Gasteiger partial charge is 0.422 e. The summed E-state index contributed by atoms with van der Waals surface area (Å²) in [5.41, 5.74) is -16.2. The van der Waals surface area contributed by atoms with Crippen molar-refractivity contribution in [1.29, 1.82) is 0 Å². The van der Waals surface area contributed by atoms with Gasteiger partial charge in [-0.05, 0) is 20.8 Å². The molecule has 1 fully saturated rings. The van der Waals surface area contributed by atoms with Crippen LogP contribution in [0.4, 0.5) is 52.7 Å². The number of carbonyl (C=O) groups excluding carboxylic acids is 1. The van der Waals surface area contributed by atoms with E-state index in [2.05, 4.69) is 4.74 Å². The fourth-order valence-electron chi connectivity index (χ4n) is 4.09. The van der Waals surface area contributed by atoms with Crippen LogP contribution in [0.1, 0.15) is 27.2 Å². The molecule has 180 valence electrons. The highest BCUT2D eigenvalue weighted by molar-refractivity contribution is 5.92. The quantitative estimate of drug-likeness (QED) is 0.415. The van der Waals surface area contributed by atoms with Gasteiger partial charge < -0.3 is 4.74 Å². The van der Waals surface area contributed by atoms with Crippen molar-refractivity contribution in [2.75, 3.05) is 6.61 Å². The van der Waals surface area contributed by atoms with E-state index in [0.717, 1.165) is 6.92 Å². The number of hydrogen-bond donors (Lipinski definition) is 0. The second-order valence-corrected chi connectivity index (χ2v) is 7.47. The summed E-state index contributed by atoms with van der Waals surface area (Å²) >= 11 is 0. The largest absolute Gasteiger partial charge is 0.463 e. The first-order valence-electron chi connectivity index (χ1n) is 8.30. The highest BCUT2D eigenvalue weighted by Crippen LogP contribution is 2.66. The predicted octanol–water partition coefficient (Wildman–Crippen LogP) is 4.88. The van der Waals surface area contributed by atoms with Crippen molar-refractivity contribution in [3.63, 3.8) is 0 Å². The zero-order valence-electron chi connectivity index (χ0n) is 15.7. The second-order valence-electron chi connectivity index (χ2n) is 7.47. The monoisotopic (exact) mass is 482 g/mol. The molecular formula is C15H14F12N2O2. The van der Waals surface area contributed by atoms with Crippen LogP contribution in [0.25, 0.3) is 0 Å². The second kappa shape index (κ2) is 6.57. The Kier molecular flexibility index (Phi) is 5.38. The molecule has 0 amide bonds. The third kappa shape index (κ3) is 3.07. The van der Waals surface area contributed by atoms with Gasteiger partial charge in [-0.2, -0.15) is 57.7 Å². The van der Waals surface area contributed by atoms with Crippen molar-refractivity contribution in [3.8, 4) is 0 Å². The lowest BCUT2D eigenvalue weighted by molar-refractivity contribution is -0.379. The van der Waals surface area contributed by atoms with Gasteiger partial charge in [0.2, 0.25) is 5.54 Å². The minimum Gasteiger partial charge on any atom is -0.463 e. The summed E-state index contributed by atoms with van der Waals surface area (Å²) in [6.45, 7) is 0.882. The van der Waals surface area contributed by atoms with Gasteiger partial charge in [0.15, 0.2) is 0 Å². The Morgan fingerprint density at radius 2 is 1.32 bits per heavy atom. The molecular weight excluding hydrogens is 468 g/mol. The molecule has 2 heterocycles. The fourth-order valence-corrected chi connectivity index (χ4v) is 4.09. The molecule has 2 rings (SSSR count). The van der Waals surface area contributed by atoms with Crippen molar-refractivity contribution in [2.45, 2.75) is 68.5 Å². The maximum absolute atomic E-state index is 14.0. The van der Waals surface area contributed by atoms with Crippen molar-refractivity contribution in [2.24, 2.45) is 0 Å². The van der Waals surface area contributed by atoms with Crippen molar-refractivity contribution in [3.05, 3.63) is 11.8 Å². The molecule has 4 nitrogen and oxygen atoms in total. The van der Waals surface area contributed by atoms with Crippen LogP contribution in [-0.2, 0) is 9.53 Å². The summed E-state index contributed by atoms with van der Waals surface area (Å²) in [6.07, 6.45) is -28.8. The zero-order chi connectivity index (χ0) is 24.6. The molecule has 0 radical (unpaired) electrons. The van der Waals surface area contributed by atoms with Crippen LogP contribution >= 0.6 is 0 Å². The number of hydrazine groups is 1. The molecule has 0 N–H and O–H groups in total. The Morgan fingerprint density at radius 3 is 1.65 bits per heavy atom. The summed E-state index contributed by atoms with van der Waals surface area (Å²) in [5, 5.41) is -2.31. The van der Waals surface area contributed by atoms with E-state index in [9.17, 15) is 57.5 Å². The average molecular weight is 482 g/mol. The van der Waals surface area contributed by atoms with E-state index in [0.29, 0.717) is 13.8 Å². The van der Waals surface area contributed by atoms with Gasteiger partial charge in [0.05, 0.1) is 12.2 Å². The minimum absolute atomic E-state index is 0.355. The molecule has 0 aromatic rings. The Balaban J connectivity index is 3.05. The summed E-state index contributed by atoms with van der Waals surface area (Å²) in [7, 11) is 0. The summed E-state index contributed by atoms with van der Waals surface area (Å²) < 4.78 is 170. The lowest BCUT2D eigenvalue weighted by Gasteiger charge is -2.48. The van der Waals surface area contributed by atoms with Gasteiger partial charge in [0, 0.05) is 18.2 Å². The predicted molar refractivity (Wildman–Crippen MR) is 76.8 cm³/mol. The molecule has 0 bridgehead atoms. The first-order valence-corrected chi connectivity index (χ1v) is 8.30. The number of fused-ring (bicyclic) bond motifs is 1. The summed E-state index contributed by atoms with van der Waals surface area (Å²) in [5.74, 6) is -2.36. The molecule has 0 atom stereocenters. The molecule has 1 saturated heterocycles. The standard InChI is InChI=1S/C15H14F12N2O2/c1-4-31-8(30)7-5-28-10(12(16,17)18,13(19,20)21)6-9(2,3)29(28)11(7,14(22,23)24)15(25,26)27/h5H,4,6H2,1-3H3. The van der Waals surface area contributed by atoms with Crippen LogP contribution in [0, 0.1) is 0 Å². The molecule has 0 aromatic carbocycles. The normalized spacial score (nSPS) is 23.6. The number of nitrogens with zero attached hydrogens (tertiary/aromatic N) is 2. The number of carbonyl (C=O) groups is 1. The molecule has 16 heteroatoms. The Labute approximate surface area is 166 Å². The van der Waals surface area contributed by atoms with Crippen LogP contribution in [0.15, 0.2) is 11.8 Å². The molecule has 0 spiro atoms. The topological polar surface area (TPSA) is 32.8 Å². The van der Waals surface area contributed by atoms with Crippen molar-refractivity contribution in [1.82, 2.24) is 10.0 Å². The molecule has 0 aliphatic carbocycles. The highest BCUT2D eigenvalue weighted by atomic mass is 19.4. The van der Waals surface area contributed by atoms with E-state index in [4.69, 9.17) is 0 Å². The van der Waals surface area contributed by atoms with Crippen molar-refractivity contribution >= 4 is 5.97 Å². The minimum atomic E-state index is -6.57. The number of rotatable bonds is 2. The number of alkyl halides is 12. The zero-order valence-corrected chi connectivity index (χ0v) is 15.7. The number of hydrogen-bond acceptors (Lipinski definition) is 4. The molecule has 0 aromatic heterocycles. The van der Waals surface area contributed by atoms with Crippen molar-refractivity contribution < 1.29 is 62.2 Å². The molecule has 0 saturated carbocycles. The number of ether oxygens (including phenoxy) is 1. The Hall–Kier alpha value is -1.87. The first kappa shape index (κ1) is 25.4. The van der Waals surface area contributed by atoms with Crippen LogP contribution in [0.3, 0.4) is 0 Å². The molecule has 0 unspecified atom stereocenters. The van der Waals surface area contributed by atoms with Gasteiger partial charge in [-0.3, -0.25) is 5.01 Å². The molecule has 2 aliphatic rings. The lowest BCUT2D eigenvalue weighted by Crippen LogP contribution is -2.73. The molecule has 31 heavy (non-hydrogen) atoms. The van der Waals surface area contributed by atoms with Crippen LogP contribution in [-0.4, -0.2) is 63.9 Å². The van der Waals surface area contributed by atoms with Gasteiger partial charge >= 0.3 is 30.7 Å². The fraction of sp³-hybridized carbons (Fsp3) is 0.800. The van der Waals surface area contributed by atoms with E-state index in [-0.39, 0.29) is 0 Å². The third-order valence-corrected chi connectivity index (χ3v) is 5.08. The Morgan fingerprint density at radius 1 is 0.903 bits per heavy atom. The summed E-state index contributed by atoms with van der Waals surface area (Å²) in [4.78, 5) is 12.0. The van der Waals surface area contributed by atoms with Gasteiger partial charge in [0.1, 0.15) is 0 Å². The van der Waals surface area contributed by atoms with Gasteiger partial charge in [0.25, 0.3) is 5.54 Å².